The molecule has 2 unspecified atom stereocenters. The first-order chi connectivity index (χ1) is 18.1. The smallest absolute Gasteiger partial charge is 0.365 e. The minimum absolute atomic E-state index is 0.00134. The van der Waals surface area contributed by atoms with Gasteiger partial charge in [-0.15, -0.1) is 0 Å². The van der Waals surface area contributed by atoms with Crippen LogP contribution in [-0.2, 0) is 11.8 Å². The predicted molar refractivity (Wildman–Crippen MR) is 134 cm³/mol. The molecule has 2 saturated heterocycles. The standard InChI is InChI=1S/C25H29F2N9O2/c1-25(2)11-14(8-15-6-7-21(37)35(15)25)29-22-18(27)12-28-23(31-22)30-19-10-20(36-24(38)34(3)32-33-36)16(9-17(19)26)13-4-5-13/h9-10,12-15H,4-8,11H2,1-3H3,(H2,28,29,30,31). The number of nitrogens with one attached hydrogen (secondary N) is 2. The van der Waals surface area contributed by atoms with Crippen LogP contribution in [0.25, 0.3) is 5.69 Å². The third-order valence-electron chi connectivity index (χ3n) is 7.69. The summed E-state index contributed by atoms with van der Waals surface area (Å²) in [6.07, 6.45) is 5.47. The fourth-order valence-electron chi connectivity index (χ4n) is 5.91. The van der Waals surface area contributed by atoms with Gasteiger partial charge in [0.2, 0.25) is 11.9 Å². The molecule has 3 aromatic rings. The number of aryl methyl sites for hydroxylation is 1. The molecule has 6 rings (SSSR count). The van der Waals surface area contributed by atoms with E-state index in [9.17, 15) is 14.0 Å². The molecule has 38 heavy (non-hydrogen) atoms. The Morgan fingerprint density at radius 3 is 2.58 bits per heavy atom. The highest BCUT2D eigenvalue weighted by Gasteiger charge is 2.46. The van der Waals surface area contributed by atoms with Gasteiger partial charge in [0, 0.05) is 31.1 Å². The number of nitrogens with zero attached hydrogens (tertiary/aromatic N) is 7. The van der Waals surface area contributed by atoms with Gasteiger partial charge in [-0.2, -0.15) is 14.3 Å². The van der Waals surface area contributed by atoms with E-state index in [2.05, 4.69) is 31.0 Å². The van der Waals surface area contributed by atoms with Crippen LogP contribution in [0, 0.1) is 11.6 Å². The lowest BCUT2D eigenvalue weighted by Gasteiger charge is -2.47. The number of hydrogen-bond donors (Lipinski definition) is 2. The molecule has 3 aliphatic rings. The predicted octanol–water partition coefficient (Wildman–Crippen LogP) is 3.00. The molecule has 2 aromatic heterocycles. The number of halogens is 2. The van der Waals surface area contributed by atoms with Gasteiger partial charge in [-0.25, -0.2) is 18.6 Å². The maximum absolute atomic E-state index is 15.2. The molecule has 1 amide bonds. The van der Waals surface area contributed by atoms with Crippen LogP contribution in [0.15, 0.2) is 23.1 Å². The van der Waals surface area contributed by atoms with Gasteiger partial charge in [0.25, 0.3) is 0 Å². The molecular formula is C25H29F2N9O2. The van der Waals surface area contributed by atoms with Crippen molar-refractivity contribution in [2.45, 2.75) is 75.9 Å². The Morgan fingerprint density at radius 1 is 1.08 bits per heavy atom. The normalized spacial score (nSPS) is 22.4. The first-order valence-electron chi connectivity index (χ1n) is 12.8. The van der Waals surface area contributed by atoms with Crippen LogP contribution < -0.4 is 16.3 Å². The molecule has 0 radical (unpaired) electrons. The Morgan fingerprint density at radius 2 is 1.87 bits per heavy atom. The van der Waals surface area contributed by atoms with Crippen molar-refractivity contribution in [2.75, 3.05) is 10.6 Å². The summed E-state index contributed by atoms with van der Waals surface area (Å²) in [5.41, 5.74) is 0.317. The van der Waals surface area contributed by atoms with E-state index in [1.54, 1.807) is 0 Å². The molecule has 0 bridgehead atoms. The zero-order valence-corrected chi connectivity index (χ0v) is 21.4. The third-order valence-corrected chi connectivity index (χ3v) is 7.69. The molecule has 13 heteroatoms. The largest absolute Gasteiger partial charge is 0.368 e. The van der Waals surface area contributed by atoms with Gasteiger partial charge >= 0.3 is 5.69 Å². The molecule has 0 spiro atoms. The van der Waals surface area contributed by atoms with Crippen molar-refractivity contribution in [2.24, 2.45) is 7.05 Å². The topological polar surface area (TPSA) is 123 Å². The number of carbonyl (C=O) groups is 1. The number of tetrazole rings is 1. The second-order valence-corrected chi connectivity index (χ2v) is 11.0. The lowest BCUT2D eigenvalue weighted by Crippen LogP contribution is -2.57. The Labute approximate surface area is 217 Å². The van der Waals surface area contributed by atoms with Crippen molar-refractivity contribution in [1.82, 2.24) is 34.7 Å². The molecule has 2 N–H and O–H groups in total. The fourth-order valence-corrected chi connectivity index (χ4v) is 5.91. The maximum atomic E-state index is 15.2. The van der Waals surface area contributed by atoms with Crippen LogP contribution >= 0.6 is 0 Å². The number of hydrogen-bond acceptors (Lipinski definition) is 8. The monoisotopic (exact) mass is 525 g/mol. The summed E-state index contributed by atoms with van der Waals surface area (Å²) in [5, 5.41) is 13.7. The molecule has 200 valence electrons. The lowest BCUT2D eigenvalue weighted by atomic mass is 9.84. The summed E-state index contributed by atoms with van der Waals surface area (Å²) >= 11 is 0. The average molecular weight is 526 g/mol. The van der Waals surface area contributed by atoms with E-state index in [-0.39, 0.29) is 46.9 Å². The number of anilines is 3. The Kier molecular flexibility index (Phi) is 5.69. The molecule has 1 aromatic carbocycles. The van der Waals surface area contributed by atoms with Crippen molar-refractivity contribution in [1.29, 1.82) is 0 Å². The van der Waals surface area contributed by atoms with E-state index in [0.717, 1.165) is 34.8 Å². The Balaban J connectivity index is 1.27. The minimum Gasteiger partial charge on any atom is -0.365 e. The molecule has 1 aliphatic carbocycles. The third kappa shape index (κ3) is 4.29. The van der Waals surface area contributed by atoms with Gasteiger partial charge in [0.1, 0.15) is 5.82 Å². The van der Waals surface area contributed by atoms with E-state index in [1.165, 1.54) is 19.2 Å². The van der Waals surface area contributed by atoms with E-state index < -0.39 is 17.3 Å². The highest BCUT2D eigenvalue weighted by Crippen LogP contribution is 2.44. The highest BCUT2D eigenvalue weighted by atomic mass is 19.1. The Hall–Kier alpha value is -3.90. The summed E-state index contributed by atoms with van der Waals surface area (Å²) in [6, 6.07) is 2.87. The second kappa shape index (κ2) is 8.84. The number of rotatable bonds is 6. The lowest BCUT2D eigenvalue weighted by molar-refractivity contribution is -0.136. The van der Waals surface area contributed by atoms with Gasteiger partial charge in [0.05, 0.1) is 17.6 Å². The van der Waals surface area contributed by atoms with Crippen LogP contribution in [0.4, 0.5) is 26.2 Å². The molecule has 2 atom stereocenters. The van der Waals surface area contributed by atoms with E-state index in [0.29, 0.717) is 30.5 Å². The fraction of sp³-hybridized carbons (Fsp3) is 0.520. The molecule has 1 saturated carbocycles. The molecule has 11 nitrogen and oxygen atoms in total. The van der Waals surface area contributed by atoms with Gasteiger partial charge < -0.3 is 15.5 Å². The van der Waals surface area contributed by atoms with Crippen LogP contribution in [-0.4, -0.2) is 58.2 Å². The summed E-state index contributed by atoms with van der Waals surface area (Å²) in [5.74, 6) is -0.870. The SMILES string of the molecule is Cn1nnn(-c2cc(Nc3ncc(F)c(NC4CC5CCC(=O)N5C(C)(C)C4)n3)c(F)cc2C2CC2)c1=O. The first kappa shape index (κ1) is 24.4. The number of amides is 1. The summed E-state index contributed by atoms with van der Waals surface area (Å²) < 4.78 is 32.1. The highest BCUT2D eigenvalue weighted by molar-refractivity contribution is 5.80. The molecule has 2 aliphatic heterocycles. The van der Waals surface area contributed by atoms with Gasteiger partial charge in [-0.1, -0.05) is 0 Å². The van der Waals surface area contributed by atoms with E-state index >= 15 is 4.39 Å². The van der Waals surface area contributed by atoms with Gasteiger partial charge in [-0.3, -0.25) is 4.79 Å². The van der Waals surface area contributed by atoms with Crippen LogP contribution in [0.2, 0.25) is 0 Å². The van der Waals surface area contributed by atoms with Gasteiger partial charge in [-0.05, 0) is 80.0 Å². The first-order valence-corrected chi connectivity index (χ1v) is 12.8. The van der Waals surface area contributed by atoms with Crippen molar-refractivity contribution < 1.29 is 13.6 Å². The summed E-state index contributed by atoms with van der Waals surface area (Å²) in [6.45, 7) is 4.04. The van der Waals surface area contributed by atoms with Gasteiger partial charge in [0.15, 0.2) is 11.6 Å². The van der Waals surface area contributed by atoms with Crippen molar-refractivity contribution in [3.05, 3.63) is 46.0 Å². The van der Waals surface area contributed by atoms with Crippen LogP contribution in [0.1, 0.15) is 63.9 Å². The Bertz CT molecular complexity index is 1480. The zero-order valence-electron chi connectivity index (χ0n) is 21.4. The number of aromatic nitrogens is 6. The summed E-state index contributed by atoms with van der Waals surface area (Å²) in [7, 11) is 1.49. The average Bonchev–Trinajstić information content (AvgIpc) is 3.56. The van der Waals surface area contributed by atoms with E-state index in [1.807, 2.05) is 18.7 Å². The van der Waals surface area contributed by atoms with Crippen LogP contribution in [0.5, 0.6) is 0 Å². The maximum Gasteiger partial charge on any atom is 0.368 e. The van der Waals surface area contributed by atoms with Crippen molar-refractivity contribution in [3.8, 4) is 5.69 Å². The van der Waals surface area contributed by atoms with Crippen molar-refractivity contribution >= 4 is 23.4 Å². The van der Waals surface area contributed by atoms with Crippen molar-refractivity contribution in [3.63, 3.8) is 0 Å². The second-order valence-electron chi connectivity index (χ2n) is 11.0. The number of benzene rings is 1. The molecule has 4 heterocycles. The zero-order chi connectivity index (χ0) is 26.8. The minimum atomic E-state index is -0.630. The quantitative estimate of drug-likeness (QED) is 0.504. The van der Waals surface area contributed by atoms with Crippen LogP contribution in [0.3, 0.4) is 0 Å². The number of carbonyl (C=O) groups excluding carboxylic acids is 1. The van der Waals surface area contributed by atoms with E-state index in [4.69, 9.17) is 0 Å². The molecular weight excluding hydrogens is 496 g/mol. The molecule has 3 fully saturated rings. The number of piperidine rings is 1. The summed E-state index contributed by atoms with van der Waals surface area (Å²) in [4.78, 5) is 35.1. The number of fused-ring (bicyclic) bond motifs is 1.